The first kappa shape index (κ1) is 9.35. The molecule has 0 aliphatic carbocycles. The number of anilines is 1. The summed E-state index contributed by atoms with van der Waals surface area (Å²) >= 11 is 0. The van der Waals surface area contributed by atoms with Gasteiger partial charge in [0.05, 0.1) is 5.69 Å². The molecule has 3 heteroatoms. The maximum atomic E-state index is 12.9. The smallest absolute Gasteiger partial charge is 0.200 e. The molecular formula is C12H8FNO. The molecular weight excluding hydrogens is 193 g/mol. The topological polar surface area (TPSA) is 39.2 Å². The van der Waals surface area contributed by atoms with Gasteiger partial charge in [0.25, 0.3) is 0 Å². The molecule has 0 radical (unpaired) electrons. The van der Waals surface area contributed by atoms with Crippen LogP contribution < -0.4 is 5.73 Å². The largest absolute Gasteiger partial charge is 0.445 e. The lowest BCUT2D eigenvalue weighted by molar-refractivity contribution is 0.568. The molecule has 2 N–H and O–H groups in total. The second-order valence-electron chi connectivity index (χ2n) is 3.05. The van der Waals surface area contributed by atoms with Crippen molar-refractivity contribution in [1.29, 1.82) is 0 Å². The van der Waals surface area contributed by atoms with E-state index < -0.39 is 0 Å². The van der Waals surface area contributed by atoms with E-state index in [4.69, 9.17) is 16.6 Å². The van der Waals surface area contributed by atoms with Crippen LogP contribution in [0.3, 0.4) is 0 Å². The van der Waals surface area contributed by atoms with Crippen molar-refractivity contribution in [3.8, 4) is 23.7 Å². The number of nitrogen functional groups attached to an aromatic ring is 1. The number of terminal acetylenes is 1. The van der Waals surface area contributed by atoms with Crippen molar-refractivity contribution < 1.29 is 8.81 Å². The molecule has 0 atom stereocenters. The molecule has 2 nitrogen and oxygen atoms in total. The summed E-state index contributed by atoms with van der Waals surface area (Å²) in [6, 6.07) is 7.63. The Kier molecular flexibility index (Phi) is 2.18. The van der Waals surface area contributed by atoms with Crippen LogP contribution in [0.1, 0.15) is 5.76 Å². The van der Waals surface area contributed by atoms with Crippen LogP contribution in [-0.4, -0.2) is 0 Å². The molecule has 2 rings (SSSR count). The fourth-order valence-corrected chi connectivity index (χ4v) is 1.30. The standard InChI is InChI=1S/C12H8FNO/c1-2-11-10(14)7-12(15-11)8-4-3-5-9(13)6-8/h1,3-7H,14H2. The van der Waals surface area contributed by atoms with Gasteiger partial charge in [-0.2, -0.15) is 0 Å². The van der Waals surface area contributed by atoms with E-state index in [1.165, 1.54) is 12.1 Å². The molecule has 1 aromatic carbocycles. The van der Waals surface area contributed by atoms with Crippen LogP contribution in [0.2, 0.25) is 0 Å². The van der Waals surface area contributed by atoms with Crippen LogP contribution in [0, 0.1) is 18.2 Å². The molecule has 0 aliphatic heterocycles. The summed E-state index contributed by atoms with van der Waals surface area (Å²) in [5, 5.41) is 0. The van der Waals surface area contributed by atoms with Gasteiger partial charge in [-0.1, -0.05) is 12.1 Å². The summed E-state index contributed by atoms with van der Waals surface area (Å²) in [6.45, 7) is 0. The predicted molar refractivity (Wildman–Crippen MR) is 56.4 cm³/mol. The molecule has 0 spiro atoms. The van der Waals surface area contributed by atoms with E-state index in [1.54, 1.807) is 18.2 Å². The Labute approximate surface area is 86.5 Å². The summed E-state index contributed by atoms with van der Waals surface area (Å²) in [5.74, 6) is 2.73. The Hall–Kier alpha value is -2.21. The van der Waals surface area contributed by atoms with Crippen molar-refractivity contribution in [2.75, 3.05) is 5.73 Å². The van der Waals surface area contributed by atoms with Gasteiger partial charge >= 0.3 is 0 Å². The van der Waals surface area contributed by atoms with Gasteiger partial charge in [0.2, 0.25) is 0 Å². The van der Waals surface area contributed by atoms with Gasteiger partial charge in [-0.3, -0.25) is 0 Å². The molecule has 15 heavy (non-hydrogen) atoms. The normalized spacial score (nSPS) is 9.87. The molecule has 0 fully saturated rings. The van der Waals surface area contributed by atoms with Gasteiger partial charge in [0, 0.05) is 11.6 Å². The molecule has 0 bridgehead atoms. The minimum Gasteiger partial charge on any atom is -0.445 e. The highest BCUT2D eigenvalue weighted by atomic mass is 19.1. The van der Waals surface area contributed by atoms with Gasteiger partial charge in [0.1, 0.15) is 11.6 Å². The number of nitrogens with two attached hydrogens (primary N) is 1. The third kappa shape index (κ3) is 1.70. The average molecular weight is 201 g/mol. The first-order valence-corrected chi connectivity index (χ1v) is 4.32. The lowest BCUT2D eigenvalue weighted by Crippen LogP contribution is -1.82. The molecule has 2 aromatic rings. The molecule has 74 valence electrons. The Morgan fingerprint density at radius 3 is 2.73 bits per heavy atom. The van der Waals surface area contributed by atoms with Gasteiger partial charge < -0.3 is 10.2 Å². The third-order valence-electron chi connectivity index (χ3n) is 2.00. The highest BCUT2D eigenvalue weighted by Crippen LogP contribution is 2.26. The molecule has 1 heterocycles. The number of hydrogen-bond acceptors (Lipinski definition) is 2. The second kappa shape index (κ2) is 3.50. The summed E-state index contributed by atoms with van der Waals surface area (Å²) in [5.41, 5.74) is 6.60. The van der Waals surface area contributed by atoms with Crippen LogP contribution in [0.25, 0.3) is 11.3 Å². The number of benzene rings is 1. The van der Waals surface area contributed by atoms with Crippen molar-refractivity contribution in [3.63, 3.8) is 0 Å². The molecule has 0 unspecified atom stereocenters. The minimum atomic E-state index is -0.329. The van der Waals surface area contributed by atoms with E-state index in [-0.39, 0.29) is 11.6 Å². The maximum absolute atomic E-state index is 12.9. The number of rotatable bonds is 1. The average Bonchev–Trinajstić information content (AvgIpc) is 2.60. The lowest BCUT2D eigenvalue weighted by atomic mass is 10.2. The monoisotopic (exact) mass is 201 g/mol. The van der Waals surface area contributed by atoms with E-state index in [0.717, 1.165) is 0 Å². The van der Waals surface area contributed by atoms with Crippen molar-refractivity contribution in [3.05, 3.63) is 41.9 Å². The fraction of sp³-hybridized carbons (Fsp3) is 0. The quantitative estimate of drug-likeness (QED) is 0.720. The molecule has 1 aromatic heterocycles. The minimum absolute atomic E-state index is 0.272. The van der Waals surface area contributed by atoms with Crippen LogP contribution in [0.5, 0.6) is 0 Å². The fourth-order valence-electron chi connectivity index (χ4n) is 1.30. The molecule has 0 aliphatic rings. The Bertz CT molecular complexity index is 537. The first-order valence-electron chi connectivity index (χ1n) is 4.32. The summed E-state index contributed by atoms with van der Waals surface area (Å²) in [6.07, 6.45) is 5.17. The molecule has 0 amide bonds. The summed E-state index contributed by atoms with van der Waals surface area (Å²) in [7, 11) is 0. The van der Waals surface area contributed by atoms with Gasteiger partial charge in [-0.05, 0) is 18.1 Å². The third-order valence-corrected chi connectivity index (χ3v) is 2.00. The van der Waals surface area contributed by atoms with E-state index in [2.05, 4.69) is 5.92 Å². The zero-order valence-electron chi connectivity index (χ0n) is 7.83. The van der Waals surface area contributed by atoms with Crippen molar-refractivity contribution in [1.82, 2.24) is 0 Å². The summed E-state index contributed by atoms with van der Waals surface area (Å²) < 4.78 is 18.2. The maximum Gasteiger partial charge on any atom is 0.200 e. The van der Waals surface area contributed by atoms with E-state index >= 15 is 0 Å². The SMILES string of the molecule is C#Cc1oc(-c2cccc(F)c2)cc1N. The van der Waals surface area contributed by atoms with Crippen LogP contribution in [0.15, 0.2) is 34.7 Å². The highest BCUT2D eigenvalue weighted by Gasteiger charge is 2.08. The van der Waals surface area contributed by atoms with Crippen LogP contribution in [0.4, 0.5) is 10.1 Å². The zero-order chi connectivity index (χ0) is 10.8. The first-order chi connectivity index (χ1) is 7.20. The molecule has 0 saturated carbocycles. The Morgan fingerprint density at radius 1 is 1.33 bits per heavy atom. The van der Waals surface area contributed by atoms with E-state index in [0.29, 0.717) is 17.0 Å². The number of halogens is 1. The molecule has 0 saturated heterocycles. The number of furan rings is 1. The number of hydrogen-bond donors (Lipinski definition) is 1. The van der Waals surface area contributed by atoms with Crippen molar-refractivity contribution >= 4 is 5.69 Å². The van der Waals surface area contributed by atoms with Gasteiger partial charge in [-0.15, -0.1) is 6.42 Å². The van der Waals surface area contributed by atoms with Crippen molar-refractivity contribution in [2.24, 2.45) is 0 Å². The Morgan fingerprint density at radius 2 is 2.13 bits per heavy atom. The van der Waals surface area contributed by atoms with Gasteiger partial charge in [0.15, 0.2) is 5.76 Å². The van der Waals surface area contributed by atoms with E-state index in [1.807, 2.05) is 0 Å². The predicted octanol–water partition coefficient (Wildman–Crippen LogP) is 2.65. The van der Waals surface area contributed by atoms with Crippen LogP contribution in [-0.2, 0) is 0 Å². The highest BCUT2D eigenvalue weighted by molar-refractivity contribution is 5.65. The zero-order valence-corrected chi connectivity index (χ0v) is 7.83. The Balaban J connectivity index is 2.51. The second-order valence-corrected chi connectivity index (χ2v) is 3.05. The van der Waals surface area contributed by atoms with Crippen LogP contribution >= 0.6 is 0 Å². The lowest BCUT2D eigenvalue weighted by Gasteiger charge is -1.95. The van der Waals surface area contributed by atoms with Gasteiger partial charge in [-0.25, -0.2) is 4.39 Å². The van der Waals surface area contributed by atoms with Crippen molar-refractivity contribution in [2.45, 2.75) is 0 Å². The van der Waals surface area contributed by atoms with E-state index in [9.17, 15) is 4.39 Å². The summed E-state index contributed by atoms with van der Waals surface area (Å²) in [4.78, 5) is 0.